The van der Waals surface area contributed by atoms with Gasteiger partial charge in [0.25, 0.3) is 5.91 Å². The number of hydrogen-bond acceptors (Lipinski definition) is 7. The van der Waals surface area contributed by atoms with Crippen LogP contribution in [0.3, 0.4) is 0 Å². The minimum Gasteiger partial charge on any atom is -0.492 e. The normalized spacial score (nSPS) is 22.9. The Kier molecular flexibility index (Phi) is 9.36. The van der Waals surface area contributed by atoms with Crippen LogP contribution >= 0.6 is 0 Å². The maximum Gasteiger partial charge on any atom is 0.410 e. The molecule has 1 unspecified atom stereocenters. The van der Waals surface area contributed by atoms with Crippen LogP contribution in [0.1, 0.15) is 98.7 Å². The summed E-state index contributed by atoms with van der Waals surface area (Å²) in [5.41, 5.74) is 3.58. The van der Waals surface area contributed by atoms with E-state index in [9.17, 15) is 19.2 Å². The second kappa shape index (κ2) is 13.4. The molecule has 2 aromatic rings. The van der Waals surface area contributed by atoms with E-state index in [1.54, 1.807) is 11.0 Å². The van der Waals surface area contributed by atoms with Crippen LogP contribution in [0.4, 0.5) is 4.79 Å². The van der Waals surface area contributed by atoms with Crippen molar-refractivity contribution in [2.24, 2.45) is 0 Å². The average molecular weight is 631 g/mol. The molecule has 2 aromatic carbocycles. The van der Waals surface area contributed by atoms with Crippen molar-refractivity contribution in [3.8, 4) is 5.75 Å². The average Bonchev–Trinajstić information content (AvgIpc) is 3.35. The van der Waals surface area contributed by atoms with Crippen molar-refractivity contribution in [3.63, 3.8) is 0 Å². The lowest BCUT2D eigenvalue weighted by atomic mass is 9.89. The van der Waals surface area contributed by atoms with Crippen molar-refractivity contribution in [2.75, 3.05) is 26.2 Å². The summed E-state index contributed by atoms with van der Waals surface area (Å²) in [5, 5.41) is 2.35. The predicted molar refractivity (Wildman–Crippen MR) is 172 cm³/mol. The van der Waals surface area contributed by atoms with Crippen molar-refractivity contribution < 1.29 is 28.7 Å². The molecule has 3 saturated heterocycles. The maximum absolute atomic E-state index is 13.0. The molecule has 2 atom stereocenters. The predicted octanol–water partition coefficient (Wildman–Crippen LogP) is 5.00. The van der Waals surface area contributed by atoms with Gasteiger partial charge in [-0.25, -0.2) is 4.79 Å². The number of ether oxygens (including phenoxy) is 2. The zero-order valence-corrected chi connectivity index (χ0v) is 27.3. The van der Waals surface area contributed by atoms with Gasteiger partial charge in [0.1, 0.15) is 24.0 Å². The van der Waals surface area contributed by atoms with Crippen LogP contribution in [0, 0.1) is 0 Å². The first-order valence-electron chi connectivity index (χ1n) is 16.8. The van der Waals surface area contributed by atoms with E-state index in [4.69, 9.17) is 9.47 Å². The number of carbonyl (C=O) groups excluding carboxylic acids is 4. The van der Waals surface area contributed by atoms with Crippen LogP contribution in [-0.4, -0.2) is 82.4 Å². The number of fused-ring (bicyclic) bond motifs is 1. The summed E-state index contributed by atoms with van der Waals surface area (Å²) in [6.45, 7) is 9.94. The Morgan fingerprint density at radius 2 is 1.70 bits per heavy atom. The van der Waals surface area contributed by atoms with Crippen molar-refractivity contribution in [2.45, 2.75) is 102 Å². The van der Waals surface area contributed by atoms with Crippen LogP contribution in [0.5, 0.6) is 5.75 Å². The summed E-state index contributed by atoms with van der Waals surface area (Å²) in [4.78, 5) is 55.3. The number of likely N-dealkylation sites (tertiary alicyclic amines) is 2. The van der Waals surface area contributed by atoms with Gasteiger partial charge in [-0.3, -0.25) is 24.6 Å². The molecule has 0 bridgehead atoms. The first kappa shape index (κ1) is 32.0. The molecule has 46 heavy (non-hydrogen) atoms. The number of amides is 4. The van der Waals surface area contributed by atoms with Crippen molar-refractivity contribution in [1.82, 2.24) is 20.0 Å². The van der Waals surface area contributed by atoms with E-state index in [1.165, 1.54) is 24.0 Å². The lowest BCUT2D eigenvalue weighted by molar-refractivity contribution is -0.136. The minimum atomic E-state index is -0.621. The summed E-state index contributed by atoms with van der Waals surface area (Å²) in [6, 6.07) is 14.2. The summed E-state index contributed by atoms with van der Waals surface area (Å²) >= 11 is 0. The minimum absolute atomic E-state index is 0.174. The molecule has 10 heteroatoms. The number of piperidine rings is 3. The summed E-state index contributed by atoms with van der Waals surface area (Å²) in [5.74, 6) is 0.309. The third-order valence-corrected chi connectivity index (χ3v) is 9.67. The molecule has 4 aliphatic heterocycles. The summed E-state index contributed by atoms with van der Waals surface area (Å²) in [7, 11) is 0. The third-order valence-electron chi connectivity index (χ3n) is 9.67. The Morgan fingerprint density at radius 3 is 2.41 bits per heavy atom. The number of imide groups is 1. The number of nitrogens with one attached hydrogen (secondary N) is 1. The number of rotatable bonds is 7. The van der Waals surface area contributed by atoms with Crippen LogP contribution < -0.4 is 10.1 Å². The standard InChI is InChI=1S/C36H46N4O6/c1-36(2,3)46-35(44)38-18-15-26(16-19-38)25-9-7-24(8-10-25)21-39-17-5-4-6-28(39)23-45-29-11-12-30-27(20-29)22-40(34(30)43)31-13-14-32(41)37-33(31)42/h7-12,20,26,28,31H,4-6,13-19,21-23H2,1-3H3,(H,37,41,42)/t28-,31?/m1/s1. The summed E-state index contributed by atoms with van der Waals surface area (Å²) in [6.07, 6.45) is 5.66. The van der Waals surface area contributed by atoms with Gasteiger partial charge in [0.05, 0.1) is 0 Å². The lowest BCUT2D eigenvalue weighted by Crippen LogP contribution is -2.52. The molecule has 0 saturated carbocycles. The van der Waals surface area contributed by atoms with Crippen molar-refractivity contribution in [1.29, 1.82) is 0 Å². The Hall–Kier alpha value is -3.92. The largest absolute Gasteiger partial charge is 0.492 e. The van der Waals surface area contributed by atoms with Gasteiger partial charge in [0, 0.05) is 44.2 Å². The Labute approximate surface area is 271 Å². The fourth-order valence-corrected chi connectivity index (χ4v) is 7.14. The molecule has 0 aliphatic carbocycles. The molecular weight excluding hydrogens is 584 g/mol. The van der Waals surface area contributed by atoms with Crippen molar-refractivity contribution >= 4 is 23.8 Å². The molecule has 10 nitrogen and oxygen atoms in total. The topological polar surface area (TPSA) is 108 Å². The van der Waals surface area contributed by atoms with E-state index >= 15 is 0 Å². The molecular formula is C36H46N4O6. The van der Waals surface area contributed by atoms with Gasteiger partial charge in [0.2, 0.25) is 11.8 Å². The number of nitrogens with zero attached hydrogens (tertiary/aromatic N) is 3. The fraction of sp³-hybridized carbons (Fsp3) is 0.556. The van der Waals surface area contributed by atoms with Crippen molar-refractivity contribution in [3.05, 3.63) is 64.7 Å². The molecule has 6 rings (SSSR count). The first-order valence-corrected chi connectivity index (χ1v) is 16.8. The maximum atomic E-state index is 13.0. The number of carbonyl (C=O) groups is 4. The molecule has 4 aliphatic rings. The Morgan fingerprint density at radius 1 is 0.935 bits per heavy atom. The first-order chi connectivity index (χ1) is 22.0. The number of benzene rings is 2. The highest BCUT2D eigenvalue weighted by molar-refractivity contribution is 6.05. The summed E-state index contributed by atoms with van der Waals surface area (Å²) < 4.78 is 11.9. The fourth-order valence-electron chi connectivity index (χ4n) is 7.14. The molecule has 0 radical (unpaired) electrons. The van der Waals surface area contributed by atoms with Gasteiger partial charge in [-0.2, -0.15) is 0 Å². The monoisotopic (exact) mass is 630 g/mol. The highest BCUT2D eigenvalue weighted by Crippen LogP contribution is 2.32. The van der Waals surface area contributed by atoms with Gasteiger partial charge in [-0.1, -0.05) is 30.7 Å². The quantitative estimate of drug-likeness (QED) is 0.429. The zero-order valence-electron chi connectivity index (χ0n) is 27.3. The van der Waals surface area contributed by atoms with Crippen LogP contribution in [-0.2, 0) is 27.4 Å². The lowest BCUT2D eigenvalue weighted by Gasteiger charge is -2.36. The number of hydrogen-bond donors (Lipinski definition) is 1. The van der Waals surface area contributed by atoms with Crippen LogP contribution in [0.25, 0.3) is 0 Å². The third kappa shape index (κ3) is 7.38. The molecule has 0 spiro atoms. The van der Waals surface area contributed by atoms with E-state index < -0.39 is 17.6 Å². The molecule has 4 amide bonds. The smallest absolute Gasteiger partial charge is 0.410 e. The zero-order chi connectivity index (χ0) is 32.4. The Bertz CT molecular complexity index is 1460. The molecule has 1 N–H and O–H groups in total. The Balaban J connectivity index is 1.01. The van der Waals surface area contributed by atoms with E-state index in [1.807, 2.05) is 37.8 Å². The van der Waals surface area contributed by atoms with E-state index in [2.05, 4.69) is 34.5 Å². The highest BCUT2D eigenvalue weighted by atomic mass is 16.6. The SMILES string of the molecule is CC(C)(C)OC(=O)N1CCC(c2ccc(CN3CCCC[C@@H]3COc3ccc4c(c3)CN(C3CCC(=O)NC3=O)C4=O)cc2)CC1. The van der Waals surface area contributed by atoms with E-state index in [-0.39, 0.29) is 24.3 Å². The van der Waals surface area contributed by atoms with Crippen LogP contribution in [0.2, 0.25) is 0 Å². The molecule has 3 fully saturated rings. The molecule has 0 aromatic heterocycles. The molecule has 4 heterocycles. The van der Waals surface area contributed by atoms with Gasteiger partial charge in [-0.15, -0.1) is 0 Å². The second-order valence-corrected chi connectivity index (χ2v) is 14.1. The van der Waals surface area contributed by atoms with E-state index in [0.29, 0.717) is 37.1 Å². The van der Waals surface area contributed by atoms with Crippen LogP contribution in [0.15, 0.2) is 42.5 Å². The highest BCUT2D eigenvalue weighted by Gasteiger charge is 2.39. The van der Waals surface area contributed by atoms with Gasteiger partial charge in [0.15, 0.2) is 0 Å². The second-order valence-electron chi connectivity index (χ2n) is 14.1. The van der Waals surface area contributed by atoms with Gasteiger partial charge < -0.3 is 19.3 Å². The van der Waals surface area contributed by atoms with Gasteiger partial charge >= 0.3 is 6.09 Å². The molecule has 246 valence electrons. The van der Waals surface area contributed by atoms with Gasteiger partial charge in [-0.05, 0) is 100 Å². The van der Waals surface area contributed by atoms with E-state index in [0.717, 1.165) is 56.8 Å².